The highest BCUT2D eigenvalue weighted by molar-refractivity contribution is 5.43. The molecule has 1 N–H and O–H groups in total. The minimum Gasteiger partial charge on any atom is -0.393 e. The Labute approximate surface area is 88.9 Å². The summed E-state index contributed by atoms with van der Waals surface area (Å²) in [4.78, 5) is 2.23. The Morgan fingerprint density at radius 2 is 2.07 bits per heavy atom. The molecule has 0 bridgehead atoms. The summed E-state index contributed by atoms with van der Waals surface area (Å²) in [5, 5.41) is 17.5. The van der Waals surface area contributed by atoms with Crippen LogP contribution in [0.3, 0.4) is 0 Å². The number of aromatic nitrogens is 2. The second-order valence-corrected chi connectivity index (χ2v) is 4.95. The highest BCUT2D eigenvalue weighted by atomic mass is 16.3. The van der Waals surface area contributed by atoms with Gasteiger partial charge in [-0.1, -0.05) is 0 Å². The van der Waals surface area contributed by atoms with Gasteiger partial charge in [0.2, 0.25) is 0 Å². The van der Waals surface area contributed by atoms with Crippen molar-refractivity contribution in [3.63, 3.8) is 0 Å². The van der Waals surface area contributed by atoms with Crippen molar-refractivity contribution in [2.75, 3.05) is 18.0 Å². The molecule has 0 unspecified atom stereocenters. The van der Waals surface area contributed by atoms with Crippen molar-refractivity contribution in [2.24, 2.45) is 5.41 Å². The van der Waals surface area contributed by atoms with E-state index in [1.165, 1.54) is 0 Å². The predicted molar refractivity (Wildman–Crippen MR) is 56.7 cm³/mol. The van der Waals surface area contributed by atoms with Gasteiger partial charge in [0.25, 0.3) is 0 Å². The quantitative estimate of drug-likeness (QED) is 0.735. The van der Waals surface area contributed by atoms with Crippen molar-refractivity contribution in [1.29, 1.82) is 0 Å². The lowest BCUT2D eigenvalue weighted by molar-refractivity contribution is -0.0494. The fourth-order valence-corrected chi connectivity index (χ4v) is 2.68. The second kappa shape index (κ2) is 2.92. The molecule has 1 aliphatic carbocycles. The molecule has 0 radical (unpaired) electrons. The van der Waals surface area contributed by atoms with Gasteiger partial charge in [0.05, 0.1) is 11.8 Å². The fourth-order valence-electron chi connectivity index (χ4n) is 2.68. The molecule has 1 aliphatic heterocycles. The lowest BCUT2D eigenvalue weighted by Crippen LogP contribution is -2.64. The zero-order valence-corrected chi connectivity index (χ0v) is 8.85. The van der Waals surface area contributed by atoms with Crippen LogP contribution in [0.25, 0.3) is 0 Å². The number of hydrogen-bond donors (Lipinski definition) is 1. The molecular weight excluding hydrogens is 190 g/mol. The van der Waals surface area contributed by atoms with Crippen molar-refractivity contribution in [1.82, 2.24) is 10.2 Å². The standard InChI is InChI=1S/C11H15N3O/c1-8-2-3-10(13-12-8)14-6-11(7-14)4-9(15)5-11/h2-3,9,15H,4-7H2,1H3. The van der Waals surface area contributed by atoms with Crippen molar-refractivity contribution in [2.45, 2.75) is 25.9 Å². The molecule has 1 spiro atoms. The number of aliphatic hydroxyl groups excluding tert-OH is 1. The Hall–Kier alpha value is -1.16. The van der Waals surface area contributed by atoms with Gasteiger partial charge >= 0.3 is 0 Å². The molecule has 2 heterocycles. The molecule has 4 heteroatoms. The van der Waals surface area contributed by atoms with Crippen molar-refractivity contribution >= 4 is 5.82 Å². The van der Waals surface area contributed by atoms with Gasteiger partial charge in [0.15, 0.2) is 5.82 Å². The van der Waals surface area contributed by atoms with E-state index >= 15 is 0 Å². The summed E-state index contributed by atoms with van der Waals surface area (Å²) in [6.45, 7) is 4.00. The Kier molecular flexibility index (Phi) is 1.77. The van der Waals surface area contributed by atoms with E-state index in [0.717, 1.165) is 37.4 Å². The number of hydrogen-bond acceptors (Lipinski definition) is 4. The van der Waals surface area contributed by atoms with Crippen LogP contribution >= 0.6 is 0 Å². The maximum absolute atomic E-state index is 9.30. The molecule has 4 nitrogen and oxygen atoms in total. The third-order valence-electron chi connectivity index (χ3n) is 3.50. The average Bonchev–Trinajstić information content (AvgIpc) is 2.11. The molecule has 3 rings (SSSR count). The van der Waals surface area contributed by atoms with Crippen LogP contribution in [-0.4, -0.2) is 34.5 Å². The monoisotopic (exact) mass is 205 g/mol. The number of aryl methyl sites for hydroxylation is 1. The summed E-state index contributed by atoms with van der Waals surface area (Å²) < 4.78 is 0. The normalized spacial score (nSPS) is 23.7. The zero-order chi connectivity index (χ0) is 10.5. The zero-order valence-electron chi connectivity index (χ0n) is 8.85. The summed E-state index contributed by atoms with van der Waals surface area (Å²) in [6.07, 6.45) is 1.86. The molecule has 80 valence electrons. The lowest BCUT2D eigenvalue weighted by atomic mass is 9.62. The van der Waals surface area contributed by atoms with Crippen molar-refractivity contribution in [3.05, 3.63) is 17.8 Å². The number of aliphatic hydroxyl groups is 1. The number of anilines is 1. The molecular formula is C11H15N3O. The highest BCUT2D eigenvalue weighted by Crippen LogP contribution is 2.49. The van der Waals surface area contributed by atoms with Crippen LogP contribution in [0.4, 0.5) is 5.82 Å². The predicted octanol–water partition coefficient (Wildman–Crippen LogP) is 0.746. The fraction of sp³-hybridized carbons (Fsp3) is 0.636. The molecule has 0 atom stereocenters. The molecule has 1 aromatic heterocycles. The molecule has 0 aromatic carbocycles. The summed E-state index contributed by atoms with van der Waals surface area (Å²) >= 11 is 0. The highest BCUT2D eigenvalue weighted by Gasteiger charge is 2.52. The van der Waals surface area contributed by atoms with Crippen LogP contribution in [-0.2, 0) is 0 Å². The average molecular weight is 205 g/mol. The maximum atomic E-state index is 9.30. The molecule has 2 aliphatic rings. The number of nitrogens with zero attached hydrogens (tertiary/aromatic N) is 3. The van der Waals surface area contributed by atoms with Gasteiger partial charge in [0, 0.05) is 18.5 Å². The van der Waals surface area contributed by atoms with E-state index in [2.05, 4.69) is 15.1 Å². The first kappa shape index (κ1) is 9.09. The summed E-state index contributed by atoms with van der Waals surface area (Å²) in [5.74, 6) is 0.965. The Morgan fingerprint density at radius 3 is 2.60 bits per heavy atom. The van der Waals surface area contributed by atoms with Crippen LogP contribution in [0, 0.1) is 12.3 Å². The van der Waals surface area contributed by atoms with Crippen LogP contribution in [0.1, 0.15) is 18.5 Å². The van der Waals surface area contributed by atoms with Gasteiger partial charge in [-0.2, -0.15) is 5.10 Å². The van der Waals surface area contributed by atoms with Crippen LogP contribution in [0.15, 0.2) is 12.1 Å². The van der Waals surface area contributed by atoms with Crippen molar-refractivity contribution in [3.8, 4) is 0 Å². The molecule has 1 saturated heterocycles. The third-order valence-corrected chi connectivity index (χ3v) is 3.50. The van der Waals surface area contributed by atoms with E-state index in [9.17, 15) is 5.11 Å². The molecule has 2 fully saturated rings. The SMILES string of the molecule is Cc1ccc(N2CC3(CC(O)C3)C2)nn1. The smallest absolute Gasteiger partial charge is 0.151 e. The van der Waals surface area contributed by atoms with Gasteiger partial charge < -0.3 is 10.0 Å². The van der Waals surface area contributed by atoms with Gasteiger partial charge in [-0.05, 0) is 31.9 Å². The largest absolute Gasteiger partial charge is 0.393 e. The van der Waals surface area contributed by atoms with Crippen LogP contribution in [0.2, 0.25) is 0 Å². The topological polar surface area (TPSA) is 49.2 Å². The first-order chi connectivity index (χ1) is 7.17. The van der Waals surface area contributed by atoms with Gasteiger partial charge in [-0.25, -0.2) is 0 Å². The van der Waals surface area contributed by atoms with Crippen LogP contribution < -0.4 is 4.90 Å². The van der Waals surface area contributed by atoms with Gasteiger partial charge in [-0.15, -0.1) is 5.10 Å². The van der Waals surface area contributed by atoms with E-state index < -0.39 is 0 Å². The third kappa shape index (κ3) is 1.40. The van der Waals surface area contributed by atoms with Crippen LogP contribution in [0.5, 0.6) is 0 Å². The van der Waals surface area contributed by atoms with E-state index in [0.29, 0.717) is 5.41 Å². The maximum Gasteiger partial charge on any atom is 0.151 e. The number of rotatable bonds is 1. The van der Waals surface area contributed by atoms with E-state index in [1.807, 2.05) is 19.1 Å². The first-order valence-corrected chi connectivity index (χ1v) is 5.40. The minimum absolute atomic E-state index is 0.0590. The van der Waals surface area contributed by atoms with E-state index in [4.69, 9.17) is 0 Å². The summed E-state index contributed by atoms with van der Waals surface area (Å²) in [7, 11) is 0. The second-order valence-electron chi connectivity index (χ2n) is 4.95. The Bertz CT molecular complexity index is 362. The molecule has 0 amide bonds. The van der Waals surface area contributed by atoms with Gasteiger partial charge in [0.1, 0.15) is 0 Å². The van der Waals surface area contributed by atoms with E-state index in [-0.39, 0.29) is 6.10 Å². The lowest BCUT2D eigenvalue weighted by Gasteiger charge is -2.58. The Balaban J connectivity index is 1.65. The molecule has 1 aromatic rings. The first-order valence-electron chi connectivity index (χ1n) is 5.40. The van der Waals surface area contributed by atoms with Gasteiger partial charge in [-0.3, -0.25) is 0 Å². The van der Waals surface area contributed by atoms with Crippen molar-refractivity contribution < 1.29 is 5.11 Å². The summed E-state index contributed by atoms with van der Waals surface area (Å²) in [6, 6.07) is 4.01. The van der Waals surface area contributed by atoms with E-state index in [1.54, 1.807) is 0 Å². The summed E-state index contributed by atoms with van der Waals surface area (Å²) in [5.41, 5.74) is 1.35. The molecule has 15 heavy (non-hydrogen) atoms. The Morgan fingerprint density at radius 1 is 1.33 bits per heavy atom. The minimum atomic E-state index is -0.0590. The molecule has 1 saturated carbocycles.